The van der Waals surface area contributed by atoms with Gasteiger partial charge in [0.25, 0.3) is 11.8 Å². The molecule has 3 heterocycles. The van der Waals surface area contributed by atoms with E-state index in [-0.39, 0.29) is 36.9 Å². The van der Waals surface area contributed by atoms with Crippen LogP contribution in [0, 0.1) is 6.92 Å². The van der Waals surface area contributed by atoms with Crippen LogP contribution in [0.1, 0.15) is 44.3 Å². The topological polar surface area (TPSA) is 108 Å². The van der Waals surface area contributed by atoms with Gasteiger partial charge in [-0.25, -0.2) is 4.98 Å². The summed E-state index contributed by atoms with van der Waals surface area (Å²) in [6.07, 6.45) is 3.10. The smallest absolute Gasteiger partial charge is 0.263 e. The maximum atomic E-state index is 13.0. The Morgan fingerprint density at radius 1 is 1.14 bits per heavy atom. The molecule has 0 radical (unpaired) electrons. The number of hydrogen-bond donors (Lipinski definition) is 2. The Balaban J connectivity index is 1.29. The van der Waals surface area contributed by atoms with E-state index in [0.717, 1.165) is 18.5 Å². The molecule has 9 nitrogen and oxygen atoms in total. The molecule has 0 unspecified atom stereocenters. The Kier molecular flexibility index (Phi) is 7.94. The van der Waals surface area contributed by atoms with Crippen LogP contribution in [-0.4, -0.2) is 60.3 Å². The number of aryl methyl sites for hydroxylation is 1. The molecular weight excluding hydrogens is 466 g/mol. The average Bonchev–Trinajstić information content (AvgIpc) is 3.55. The number of likely N-dealkylation sites (N-methyl/N-ethyl adjacent to an activating group) is 1. The van der Waals surface area contributed by atoms with Gasteiger partial charge < -0.3 is 20.0 Å². The number of likely N-dealkylation sites (tertiary alicyclic amines) is 1. The number of nitrogens with zero attached hydrogens (tertiary/aromatic N) is 3. The third-order valence-corrected chi connectivity index (χ3v) is 7.05. The maximum absolute atomic E-state index is 13.0. The van der Waals surface area contributed by atoms with Crippen LogP contribution < -0.4 is 15.5 Å². The van der Waals surface area contributed by atoms with Crippen LogP contribution in [0.2, 0.25) is 0 Å². The van der Waals surface area contributed by atoms with E-state index in [0.29, 0.717) is 35.0 Å². The van der Waals surface area contributed by atoms with Crippen molar-refractivity contribution >= 4 is 34.7 Å². The summed E-state index contributed by atoms with van der Waals surface area (Å²) in [6, 6.07) is 10.7. The number of aromatic nitrogens is 1. The first-order valence-electron chi connectivity index (χ1n) is 11.5. The second-order valence-corrected chi connectivity index (χ2v) is 9.38. The summed E-state index contributed by atoms with van der Waals surface area (Å²) in [5.74, 6) is 0.201. The zero-order valence-corrected chi connectivity index (χ0v) is 20.6. The SMILES string of the molecule is Cc1ncsc1C(=O)NC1CCN(CC(=O)N(C)c2ccccc2C(=O)NCc2ccco2)CC1. The standard InChI is InChI=1S/C25H29N5O4S/c1-17-23(35-16-27-17)25(33)28-18-9-11-30(12-10-18)15-22(31)29(2)21-8-4-3-7-20(21)24(32)26-14-19-6-5-13-34-19/h3-8,13,16,18H,9-12,14-15H2,1-2H3,(H,26,32)(H,28,33). The van der Waals surface area contributed by atoms with Gasteiger partial charge in [-0.15, -0.1) is 11.3 Å². The van der Waals surface area contributed by atoms with E-state index in [2.05, 4.69) is 20.5 Å². The van der Waals surface area contributed by atoms with Crippen LogP contribution in [0.4, 0.5) is 5.69 Å². The number of piperidine rings is 1. The first kappa shape index (κ1) is 24.6. The zero-order chi connectivity index (χ0) is 24.8. The highest BCUT2D eigenvalue weighted by Crippen LogP contribution is 2.21. The van der Waals surface area contributed by atoms with Gasteiger partial charge in [0.15, 0.2) is 0 Å². The van der Waals surface area contributed by atoms with Crippen molar-refractivity contribution in [1.82, 2.24) is 20.5 Å². The van der Waals surface area contributed by atoms with Crippen LogP contribution in [0.5, 0.6) is 0 Å². The Labute approximate surface area is 208 Å². The lowest BCUT2D eigenvalue weighted by atomic mass is 10.0. The van der Waals surface area contributed by atoms with E-state index < -0.39 is 0 Å². The molecule has 2 N–H and O–H groups in total. The predicted octanol–water partition coefficient (Wildman–Crippen LogP) is 2.83. The third kappa shape index (κ3) is 6.14. The fraction of sp³-hybridized carbons (Fsp3) is 0.360. The predicted molar refractivity (Wildman–Crippen MR) is 134 cm³/mol. The van der Waals surface area contributed by atoms with E-state index >= 15 is 0 Å². The number of benzene rings is 1. The minimum absolute atomic E-state index is 0.0756. The molecule has 0 aliphatic carbocycles. The number of anilines is 1. The fourth-order valence-corrected chi connectivity index (χ4v) is 4.78. The number of carbonyl (C=O) groups is 3. The van der Waals surface area contributed by atoms with Crippen molar-refractivity contribution in [3.8, 4) is 0 Å². The maximum Gasteiger partial charge on any atom is 0.263 e. The van der Waals surface area contributed by atoms with Crippen molar-refractivity contribution in [2.24, 2.45) is 0 Å². The van der Waals surface area contributed by atoms with Gasteiger partial charge in [0, 0.05) is 26.2 Å². The molecule has 184 valence electrons. The molecule has 35 heavy (non-hydrogen) atoms. The zero-order valence-electron chi connectivity index (χ0n) is 19.8. The molecule has 0 saturated carbocycles. The van der Waals surface area contributed by atoms with Crippen LogP contribution in [-0.2, 0) is 11.3 Å². The Hall–Kier alpha value is -3.50. The molecule has 3 aromatic rings. The second kappa shape index (κ2) is 11.3. The molecule has 1 fully saturated rings. The van der Waals surface area contributed by atoms with Crippen molar-refractivity contribution in [1.29, 1.82) is 0 Å². The first-order chi connectivity index (χ1) is 16.9. The van der Waals surface area contributed by atoms with Crippen LogP contribution in [0.15, 0.2) is 52.6 Å². The van der Waals surface area contributed by atoms with Gasteiger partial charge in [0.2, 0.25) is 5.91 Å². The molecule has 2 aromatic heterocycles. The molecule has 1 aliphatic rings. The van der Waals surface area contributed by atoms with E-state index in [9.17, 15) is 14.4 Å². The molecule has 1 aliphatic heterocycles. The number of thiazole rings is 1. The second-order valence-electron chi connectivity index (χ2n) is 8.52. The van der Waals surface area contributed by atoms with Gasteiger partial charge >= 0.3 is 0 Å². The number of amides is 3. The molecule has 3 amide bonds. The highest BCUT2D eigenvalue weighted by molar-refractivity contribution is 7.11. The van der Waals surface area contributed by atoms with E-state index in [1.165, 1.54) is 16.2 Å². The quantitative estimate of drug-likeness (QED) is 0.498. The summed E-state index contributed by atoms with van der Waals surface area (Å²) in [7, 11) is 1.69. The van der Waals surface area contributed by atoms with E-state index in [4.69, 9.17) is 4.42 Å². The molecule has 1 aromatic carbocycles. The molecule has 0 spiro atoms. The lowest BCUT2D eigenvalue weighted by Crippen LogP contribution is -2.47. The summed E-state index contributed by atoms with van der Waals surface area (Å²) in [4.78, 5) is 46.7. The Bertz CT molecular complexity index is 1170. The Morgan fingerprint density at radius 3 is 2.60 bits per heavy atom. The number of nitrogens with one attached hydrogen (secondary N) is 2. The average molecular weight is 496 g/mol. The van der Waals surface area contributed by atoms with Crippen LogP contribution in [0.3, 0.4) is 0 Å². The van der Waals surface area contributed by atoms with E-state index in [1.54, 1.807) is 55.2 Å². The van der Waals surface area contributed by atoms with Crippen molar-refractivity contribution < 1.29 is 18.8 Å². The van der Waals surface area contributed by atoms with Gasteiger partial charge in [-0.3, -0.25) is 19.3 Å². The number of furan rings is 1. The summed E-state index contributed by atoms with van der Waals surface area (Å²) < 4.78 is 5.26. The molecule has 0 bridgehead atoms. The van der Waals surface area contributed by atoms with Gasteiger partial charge in [-0.1, -0.05) is 12.1 Å². The van der Waals surface area contributed by atoms with Gasteiger partial charge in [0.05, 0.1) is 41.8 Å². The molecule has 10 heteroatoms. The van der Waals surface area contributed by atoms with Crippen LogP contribution in [0.25, 0.3) is 0 Å². The lowest BCUT2D eigenvalue weighted by Gasteiger charge is -2.33. The number of carbonyl (C=O) groups excluding carboxylic acids is 3. The Morgan fingerprint density at radius 2 is 1.91 bits per heavy atom. The van der Waals surface area contributed by atoms with Gasteiger partial charge in [-0.05, 0) is 44.0 Å². The third-order valence-electron chi connectivity index (χ3n) is 6.12. The molecule has 1 saturated heterocycles. The van der Waals surface area contributed by atoms with Gasteiger partial charge in [-0.2, -0.15) is 0 Å². The summed E-state index contributed by atoms with van der Waals surface area (Å²) >= 11 is 1.34. The van der Waals surface area contributed by atoms with Crippen molar-refractivity contribution in [3.63, 3.8) is 0 Å². The van der Waals surface area contributed by atoms with Crippen molar-refractivity contribution in [2.45, 2.75) is 32.4 Å². The highest BCUT2D eigenvalue weighted by Gasteiger charge is 2.25. The number of para-hydroxylation sites is 1. The van der Waals surface area contributed by atoms with Crippen molar-refractivity contribution in [3.05, 3.63) is 70.1 Å². The number of rotatable bonds is 8. The summed E-state index contributed by atoms with van der Waals surface area (Å²) in [5, 5.41) is 5.92. The molecule has 0 atom stereocenters. The van der Waals surface area contributed by atoms with Crippen LogP contribution >= 0.6 is 11.3 Å². The monoisotopic (exact) mass is 495 g/mol. The largest absolute Gasteiger partial charge is 0.467 e. The molecular formula is C25H29N5O4S. The van der Waals surface area contributed by atoms with E-state index in [1.807, 2.05) is 6.92 Å². The summed E-state index contributed by atoms with van der Waals surface area (Å²) in [6.45, 7) is 3.76. The first-order valence-corrected chi connectivity index (χ1v) is 12.4. The fourth-order valence-electron chi connectivity index (χ4n) is 4.07. The minimum atomic E-state index is -0.274. The minimum Gasteiger partial charge on any atom is -0.467 e. The van der Waals surface area contributed by atoms with Crippen molar-refractivity contribution in [2.75, 3.05) is 31.6 Å². The number of hydrogen-bond acceptors (Lipinski definition) is 7. The highest BCUT2D eigenvalue weighted by atomic mass is 32.1. The lowest BCUT2D eigenvalue weighted by molar-refractivity contribution is -0.119. The van der Waals surface area contributed by atoms with Gasteiger partial charge in [0.1, 0.15) is 10.6 Å². The normalized spacial score (nSPS) is 14.5. The summed E-state index contributed by atoms with van der Waals surface area (Å²) in [5.41, 5.74) is 3.40. The molecule has 4 rings (SSSR count).